The Labute approximate surface area is 82.2 Å². The number of methoxy groups -OCH3 is 1. The number of nitrogens with one attached hydrogen (secondary N) is 2. The van der Waals surface area contributed by atoms with Crippen molar-refractivity contribution in [3.8, 4) is 0 Å². The zero-order valence-electron chi connectivity index (χ0n) is 7.96. The van der Waals surface area contributed by atoms with Crippen molar-refractivity contribution in [2.24, 2.45) is 5.92 Å². The molecule has 1 unspecified atom stereocenters. The molecule has 0 saturated carbocycles. The molecule has 1 heterocycles. The largest absolute Gasteiger partial charge is 0.493 e. The molecular weight excluding hydrogens is 180 g/mol. The van der Waals surface area contributed by atoms with Gasteiger partial charge < -0.3 is 14.9 Å². The third kappa shape index (κ3) is 1.32. The average Bonchev–Trinajstić information content (AvgIpc) is 2.17. The molecule has 1 fully saturated rings. The molecule has 0 bridgehead atoms. The van der Waals surface area contributed by atoms with E-state index in [9.17, 15) is 0 Å². The van der Waals surface area contributed by atoms with Gasteiger partial charge in [0, 0.05) is 5.71 Å². The van der Waals surface area contributed by atoms with Crippen LogP contribution in [0, 0.1) is 16.7 Å². The van der Waals surface area contributed by atoms with Crippen molar-refractivity contribution >= 4 is 11.6 Å². The predicted octanol–water partition coefficient (Wildman–Crippen LogP) is 1.84. The van der Waals surface area contributed by atoms with Gasteiger partial charge in [-0.15, -0.1) is 0 Å². The molecule has 14 heavy (non-hydrogen) atoms. The van der Waals surface area contributed by atoms with E-state index in [4.69, 9.17) is 20.3 Å². The summed E-state index contributed by atoms with van der Waals surface area (Å²) in [7, 11) is 1.57. The van der Waals surface area contributed by atoms with Gasteiger partial charge in [-0.25, -0.2) is 0 Å². The number of hydrogen-bond donors (Lipinski definition) is 2. The summed E-state index contributed by atoms with van der Waals surface area (Å²) >= 11 is 0. The van der Waals surface area contributed by atoms with Gasteiger partial charge in [0.05, 0.1) is 19.4 Å². The van der Waals surface area contributed by atoms with E-state index in [1.165, 1.54) is 0 Å². The summed E-state index contributed by atoms with van der Waals surface area (Å²) in [5, 5.41) is 15.2. The molecule has 0 amide bonds. The lowest BCUT2D eigenvalue weighted by molar-refractivity contribution is 0.245. The van der Waals surface area contributed by atoms with Crippen LogP contribution in [0.3, 0.4) is 0 Å². The summed E-state index contributed by atoms with van der Waals surface area (Å²) < 4.78 is 10.4. The smallest absolute Gasteiger partial charge is 0.192 e. The van der Waals surface area contributed by atoms with Crippen LogP contribution in [0.25, 0.3) is 0 Å². The van der Waals surface area contributed by atoms with Crippen LogP contribution in [0.15, 0.2) is 23.7 Å². The molecule has 1 saturated heterocycles. The van der Waals surface area contributed by atoms with Gasteiger partial charge in [0.2, 0.25) is 0 Å². The summed E-state index contributed by atoms with van der Waals surface area (Å²) in [6.07, 6.45) is 4.89. The molecule has 4 heteroatoms. The van der Waals surface area contributed by atoms with Gasteiger partial charge in [-0.3, -0.25) is 5.41 Å². The fourth-order valence-electron chi connectivity index (χ4n) is 1.73. The van der Waals surface area contributed by atoms with Crippen LogP contribution in [0.4, 0.5) is 0 Å². The van der Waals surface area contributed by atoms with Crippen molar-refractivity contribution in [3.63, 3.8) is 0 Å². The maximum atomic E-state index is 7.76. The molecule has 1 aliphatic carbocycles. The lowest BCUT2D eigenvalue weighted by Gasteiger charge is -2.29. The van der Waals surface area contributed by atoms with Crippen LogP contribution < -0.4 is 0 Å². The second kappa shape index (κ2) is 3.29. The number of fused-ring (bicyclic) bond motifs is 1. The zero-order valence-corrected chi connectivity index (χ0v) is 7.96. The minimum absolute atomic E-state index is 0.0240. The Morgan fingerprint density at radius 3 is 3.00 bits per heavy atom. The Kier molecular flexibility index (Phi) is 2.11. The maximum Gasteiger partial charge on any atom is 0.192 e. The summed E-state index contributed by atoms with van der Waals surface area (Å²) in [5.41, 5.74) is 0.537. The number of allylic oxidation sites excluding steroid dienone is 3. The van der Waals surface area contributed by atoms with Crippen molar-refractivity contribution < 1.29 is 9.47 Å². The molecule has 0 radical (unpaired) electrons. The molecule has 1 atom stereocenters. The zero-order chi connectivity index (χ0) is 10.1. The van der Waals surface area contributed by atoms with Crippen molar-refractivity contribution in [3.05, 3.63) is 23.7 Å². The topological polar surface area (TPSA) is 66.2 Å². The average molecular weight is 192 g/mol. The monoisotopic (exact) mass is 192 g/mol. The second-order valence-corrected chi connectivity index (χ2v) is 3.35. The van der Waals surface area contributed by atoms with Gasteiger partial charge >= 0.3 is 0 Å². The molecule has 0 aromatic carbocycles. The highest BCUT2D eigenvalue weighted by molar-refractivity contribution is 6.03. The van der Waals surface area contributed by atoms with Gasteiger partial charge in [0.1, 0.15) is 0 Å². The number of ether oxygens (including phenoxy) is 2. The van der Waals surface area contributed by atoms with Crippen LogP contribution in [0.2, 0.25) is 0 Å². The van der Waals surface area contributed by atoms with Gasteiger partial charge in [0.15, 0.2) is 17.4 Å². The maximum absolute atomic E-state index is 7.76. The van der Waals surface area contributed by atoms with E-state index in [0.29, 0.717) is 23.7 Å². The summed E-state index contributed by atoms with van der Waals surface area (Å²) in [4.78, 5) is 0. The first-order valence-corrected chi connectivity index (χ1v) is 4.49. The lowest BCUT2D eigenvalue weighted by Crippen LogP contribution is -2.30. The Morgan fingerprint density at radius 2 is 2.29 bits per heavy atom. The lowest BCUT2D eigenvalue weighted by atomic mass is 9.89. The van der Waals surface area contributed by atoms with E-state index in [2.05, 4.69) is 0 Å². The number of hydrogen-bond acceptors (Lipinski definition) is 4. The van der Waals surface area contributed by atoms with E-state index in [1.54, 1.807) is 7.11 Å². The molecule has 74 valence electrons. The Hall–Kier alpha value is -1.58. The molecular formula is C10H12N2O2. The van der Waals surface area contributed by atoms with Crippen LogP contribution in [0.1, 0.15) is 12.8 Å². The summed E-state index contributed by atoms with van der Waals surface area (Å²) in [6, 6.07) is 0. The van der Waals surface area contributed by atoms with Gasteiger partial charge in [-0.2, -0.15) is 0 Å². The first-order valence-electron chi connectivity index (χ1n) is 4.49. The van der Waals surface area contributed by atoms with Crippen LogP contribution in [-0.2, 0) is 9.47 Å². The normalized spacial score (nSPS) is 25.9. The van der Waals surface area contributed by atoms with Crippen molar-refractivity contribution in [2.75, 3.05) is 7.11 Å². The minimum Gasteiger partial charge on any atom is -0.493 e. The van der Waals surface area contributed by atoms with E-state index < -0.39 is 0 Å². The quantitative estimate of drug-likeness (QED) is 0.665. The van der Waals surface area contributed by atoms with Crippen LogP contribution >= 0.6 is 0 Å². The highest BCUT2D eigenvalue weighted by atomic mass is 16.5. The first-order chi connectivity index (χ1) is 6.72. The third-order valence-corrected chi connectivity index (χ3v) is 2.43. The first kappa shape index (κ1) is 8.99. The molecule has 0 aromatic heterocycles. The molecule has 4 nitrogen and oxygen atoms in total. The van der Waals surface area contributed by atoms with Crippen LogP contribution in [-0.4, -0.2) is 18.7 Å². The highest BCUT2D eigenvalue weighted by Crippen LogP contribution is 2.32. The molecule has 2 aliphatic rings. The molecule has 0 aromatic rings. The summed E-state index contributed by atoms with van der Waals surface area (Å²) in [6.45, 7) is 0. The van der Waals surface area contributed by atoms with Crippen molar-refractivity contribution in [2.45, 2.75) is 12.8 Å². The second-order valence-electron chi connectivity index (χ2n) is 3.35. The summed E-state index contributed by atoms with van der Waals surface area (Å²) in [5.74, 6) is 1.36. The van der Waals surface area contributed by atoms with Crippen molar-refractivity contribution in [1.82, 2.24) is 0 Å². The van der Waals surface area contributed by atoms with E-state index in [0.717, 1.165) is 6.42 Å². The Bertz CT molecular complexity index is 355. The fourth-order valence-corrected chi connectivity index (χ4v) is 1.73. The fraction of sp³-hybridized carbons (Fsp3) is 0.400. The van der Waals surface area contributed by atoms with Gasteiger partial charge in [-0.05, 0) is 12.5 Å². The highest BCUT2D eigenvalue weighted by Gasteiger charge is 2.32. The Balaban J connectivity index is 2.39. The van der Waals surface area contributed by atoms with Crippen LogP contribution in [0.5, 0.6) is 0 Å². The SMILES string of the molecule is COC1=C2OC(=N)CC(=N)C2CC=C1. The molecule has 2 rings (SSSR count). The number of rotatable bonds is 1. The van der Waals surface area contributed by atoms with E-state index >= 15 is 0 Å². The molecule has 0 spiro atoms. The third-order valence-electron chi connectivity index (χ3n) is 2.43. The van der Waals surface area contributed by atoms with Crippen molar-refractivity contribution in [1.29, 1.82) is 10.8 Å². The molecule has 1 aliphatic heterocycles. The Morgan fingerprint density at radius 1 is 1.50 bits per heavy atom. The van der Waals surface area contributed by atoms with E-state index in [-0.39, 0.29) is 11.8 Å². The predicted molar refractivity (Wildman–Crippen MR) is 52.4 cm³/mol. The van der Waals surface area contributed by atoms with Gasteiger partial charge in [0.25, 0.3) is 0 Å². The van der Waals surface area contributed by atoms with Gasteiger partial charge in [-0.1, -0.05) is 6.08 Å². The minimum atomic E-state index is -0.0240. The van der Waals surface area contributed by atoms with E-state index in [1.807, 2.05) is 12.2 Å². The standard InChI is InChI=1S/C10H12N2O2/c1-13-8-4-2-3-6-7(11)5-9(12)14-10(6)8/h2,4,6,11-12H,3,5H2,1H3. The molecule has 2 N–H and O–H groups in total.